The van der Waals surface area contributed by atoms with Crippen LogP contribution in [-0.2, 0) is 21.2 Å². The van der Waals surface area contributed by atoms with E-state index in [4.69, 9.17) is 8.85 Å². The van der Waals surface area contributed by atoms with Crippen LogP contribution in [0, 0.1) is 0 Å². The Morgan fingerprint density at radius 2 is 0.781 bits per heavy atom. The van der Waals surface area contributed by atoms with Gasteiger partial charge in [0.05, 0.1) is 23.3 Å². The highest BCUT2D eigenvalue weighted by Crippen LogP contribution is 2.41. The van der Waals surface area contributed by atoms with E-state index >= 15 is 0 Å². The molecule has 0 saturated carbocycles. The zero-order valence-corrected chi connectivity index (χ0v) is 20.9. The zero-order chi connectivity index (χ0) is 24.5. The van der Waals surface area contributed by atoms with Crippen LogP contribution in [-0.4, -0.2) is 16.6 Å². The van der Waals surface area contributed by atoms with Crippen molar-refractivity contribution in [1.82, 2.24) is 0 Å². The molecule has 0 heterocycles. The molecule has 0 bridgehead atoms. The van der Waals surface area contributed by atoms with Crippen molar-refractivity contribution in [3.63, 3.8) is 0 Å². The Labute approximate surface area is 186 Å². The molecule has 0 saturated heterocycles. The summed E-state index contributed by atoms with van der Waals surface area (Å²) < 4.78 is 90.9. The predicted octanol–water partition coefficient (Wildman–Crippen LogP) is 8.21. The molecule has 2 unspecified atom stereocenters. The van der Waals surface area contributed by atoms with Gasteiger partial charge in [-0.2, -0.15) is 26.3 Å². The van der Waals surface area contributed by atoms with Crippen molar-refractivity contribution in [2.24, 2.45) is 0 Å². The van der Waals surface area contributed by atoms with Crippen LogP contribution in [0.3, 0.4) is 0 Å². The van der Waals surface area contributed by atoms with E-state index in [1.165, 1.54) is 24.3 Å². The number of hydrogen-bond donors (Lipinski definition) is 0. The van der Waals surface area contributed by atoms with Crippen LogP contribution >= 0.6 is 0 Å². The van der Waals surface area contributed by atoms with Gasteiger partial charge in [0.25, 0.3) is 0 Å². The van der Waals surface area contributed by atoms with E-state index in [0.717, 1.165) is 24.3 Å². The summed E-state index contributed by atoms with van der Waals surface area (Å²) >= 11 is 0. The monoisotopic (exact) mass is 494 g/mol. The summed E-state index contributed by atoms with van der Waals surface area (Å²) in [7, 11) is -4.46. The van der Waals surface area contributed by atoms with Crippen LogP contribution in [0.5, 0.6) is 0 Å². The zero-order valence-electron chi connectivity index (χ0n) is 18.9. The first-order chi connectivity index (χ1) is 14.4. The molecule has 0 N–H and O–H groups in total. The fourth-order valence-electron chi connectivity index (χ4n) is 3.09. The first-order valence-electron chi connectivity index (χ1n) is 10.1. The Balaban J connectivity index is 2.57. The van der Waals surface area contributed by atoms with Crippen molar-refractivity contribution in [2.45, 2.75) is 63.8 Å². The van der Waals surface area contributed by atoms with Crippen LogP contribution in [0.1, 0.15) is 34.5 Å². The van der Waals surface area contributed by atoms with E-state index in [2.05, 4.69) is 0 Å². The lowest BCUT2D eigenvalue weighted by atomic mass is 9.96. The normalized spacial score (nSPS) is 15.5. The number of rotatable bonds is 7. The molecule has 0 aliphatic carbocycles. The van der Waals surface area contributed by atoms with Crippen molar-refractivity contribution in [3.8, 4) is 0 Å². The second-order valence-electron chi connectivity index (χ2n) is 9.54. The van der Waals surface area contributed by atoms with Gasteiger partial charge in [-0.3, -0.25) is 0 Å². The number of alkyl halides is 6. The van der Waals surface area contributed by atoms with Crippen LogP contribution in [0.15, 0.2) is 48.5 Å². The van der Waals surface area contributed by atoms with Gasteiger partial charge in [-0.05, 0) is 74.7 Å². The van der Waals surface area contributed by atoms with Gasteiger partial charge >= 0.3 is 12.4 Å². The molecule has 10 heteroatoms. The molecule has 0 radical (unpaired) electrons. The van der Waals surface area contributed by atoms with Crippen LogP contribution in [0.4, 0.5) is 26.3 Å². The third-order valence-corrected chi connectivity index (χ3v) is 6.29. The Hall–Kier alpha value is -1.63. The number of halogens is 6. The molecule has 0 aliphatic rings. The minimum absolute atomic E-state index is 0.476. The Kier molecular flexibility index (Phi) is 7.75. The minimum Gasteiger partial charge on any atom is -0.408 e. The predicted molar refractivity (Wildman–Crippen MR) is 117 cm³/mol. The van der Waals surface area contributed by atoms with Crippen molar-refractivity contribution in [2.75, 3.05) is 0 Å². The first kappa shape index (κ1) is 26.6. The molecule has 2 aromatic rings. The van der Waals surface area contributed by atoms with Gasteiger partial charge in [0.2, 0.25) is 0 Å². The van der Waals surface area contributed by atoms with E-state index in [-0.39, 0.29) is 0 Å². The third-order valence-electron chi connectivity index (χ3n) is 4.37. The Morgan fingerprint density at radius 1 is 0.531 bits per heavy atom. The minimum atomic E-state index is -4.48. The largest absolute Gasteiger partial charge is 0.416 e. The highest BCUT2D eigenvalue weighted by molar-refractivity contribution is 6.70. The smallest absolute Gasteiger partial charge is 0.408 e. The molecule has 0 fully saturated rings. The first-order valence-corrected chi connectivity index (χ1v) is 16.9. The molecule has 0 aliphatic heterocycles. The standard InChI is InChI=1S/C22H28F6O2Si2/c1-31(2,3)29-19(15-7-11-17(12-8-15)21(23,24)25)20(30-32(4,5)6)16-9-13-18(14-10-16)22(26,27)28/h7-14,19-20H,1-6H3. The van der Waals surface area contributed by atoms with Gasteiger partial charge in [0.1, 0.15) is 0 Å². The van der Waals surface area contributed by atoms with Gasteiger partial charge in [-0.1, -0.05) is 24.3 Å². The van der Waals surface area contributed by atoms with Crippen LogP contribution < -0.4 is 0 Å². The molecule has 32 heavy (non-hydrogen) atoms. The third kappa shape index (κ3) is 7.75. The van der Waals surface area contributed by atoms with Crippen molar-refractivity contribution in [1.29, 1.82) is 0 Å². The van der Waals surface area contributed by atoms with Crippen molar-refractivity contribution in [3.05, 3.63) is 70.8 Å². The van der Waals surface area contributed by atoms with E-state index < -0.39 is 52.3 Å². The summed E-state index contributed by atoms with van der Waals surface area (Å²) in [6.45, 7) is 11.6. The van der Waals surface area contributed by atoms with E-state index in [1.807, 2.05) is 39.3 Å². The lowest BCUT2D eigenvalue weighted by molar-refractivity contribution is -0.138. The van der Waals surface area contributed by atoms with Gasteiger partial charge in [-0.15, -0.1) is 0 Å². The molecular formula is C22H28F6O2Si2. The number of benzene rings is 2. The molecule has 2 rings (SSSR count). The molecule has 0 amide bonds. The fourth-order valence-corrected chi connectivity index (χ4v) is 5.14. The highest BCUT2D eigenvalue weighted by Gasteiger charge is 2.37. The van der Waals surface area contributed by atoms with E-state index in [0.29, 0.717) is 11.1 Å². The molecule has 2 atom stereocenters. The SMILES string of the molecule is C[Si](C)(C)OC(c1ccc(C(F)(F)F)cc1)C(O[Si](C)(C)C)c1ccc(C(F)(F)F)cc1. The van der Waals surface area contributed by atoms with Gasteiger partial charge < -0.3 is 8.85 Å². The maximum Gasteiger partial charge on any atom is 0.416 e. The molecule has 0 aromatic heterocycles. The summed E-state index contributed by atoms with van der Waals surface area (Å²) in [5.41, 5.74) is -0.623. The van der Waals surface area contributed by atoms with Gasteiger partial charge in [-0.25, -0.2) is 0 Å². The average Bonchev–Trinajstić information content (AvgIpc) is 2.62. The molecular weight excluding hydrogens is 466 g/mol. The quantitative estimate of drug-likeness (QED) is 0.285. The van der Waals surface area contributed by atoms with Gasteiger partial charge in [0.15, 0.2) is 16.6 Å². The van der Waals surface area contributed by atoms with Crippen LogP contribution in [0.2, 0.25) is 39.3 Å². The Bertz CT molecular complexity index is 804. The molecule has 2 aromatic carbocycles. The topological polar surface area (TPSA) is 18.5 Å². The maximum atomic E-state index is 13.0. The highest BCUT2D eigenvalue weighted by atomic mass is 28.4. The van der Waals surface area contributed by atoms with Gasteiger partial charge in [0, 0.05) is 0 Å². The molecule has 2 nitrogen and oxygen atoms in total. The Morgan fingerprint density at radius 3 is 0.969 bits per heavy atom. The summed E-state index contributed by atoms with van der Waals surface area (Å²) in [6, 6.07) is 9.30. The van der Waals surface area contributed by atoms with Crippen molar-refractivity contribution >= 4 is 16.6 Å². The lowest BCUT2D eigenvalue weighted by Crippen LogP contribution is -2.36. The average molecular weight is 495 g/mol. The van der Waals surface area contributed by atoms with Crippen LogP contribution in [0.25, 0.3) is 0 Å². The van der Waals surface area contributed by atoms with E-state index in [1.54, 1.807) is 0 Å². The molecule has 0 spiro atoms. The molecule has 178 valence electrons. The lowest BCUT2D eigenvalue weighted by Gasteiger charge is -2.37. The summed E-state index contributed by atoms with van der Waals surface area (Å²) in [6.07, 6.45) is -10.5. The fraction of sp³-hybridized carbons (Fsp3) is 0.455. The summed E-state index contributed by atoms with van der Waals surface area (Å²) in [5.74, 6) is 0. The maximum absolute atomic E-state index is 13.0. The van der Waals surface area contributed by atoms with Crippen molar-refractivity contribution < 1.29 is 35.2 Å². The summed E-state index contributed by atoms with van der Waals surface area (Å²) in [4.78, 5) is 0. The second kappa shape index (κ2) is 9.32. The number of hydrogen-bond acceptors (Lipinski definition) is 2. The van der Waals surface area contributed by atoms with E-state index in [9.17, 15) is 26.3 Å². The second-order valence-corrected chi connectivity index (χ2v) is 18.5. The summed E-state index contributed by atoms with van der Waals surface area (Å²) in [5, 5.41) is 0.